The van der Waals surface area contributed by atoms with Gasteiger partial charge in [-0.1, -0.05) is 36.0 Å². The number of fused-ring (bicyclic) bond motifs is 1. The molecule has 2 aromatic carbocycles. The fourth-order valence-electron chi connectivity index (χ4n) is 3.69. The van der Waals surface area contributed by atoms with Crippen molar-refractivity contribution in [3.05, 3.63) is 64.4 Å². The van der Waals surface area contributed by atoms with Crippen molar-refractivity contribution in [3.63, 3.8) is 0 Å². The van der Waals surface area contributed by atoms with Crippen LogP contribution in [0.15, 0.2) is 58.5 Å². The van der Waals surface area contributed by atoms with Crippen molar-refractivity contribution < 1.29 is 18.0 Å². The van der Waals surface area contributed by atoms with E-state index in [1.165, 1.54) is 24.3 Å². The van der Waals surface area contributed by atoms with E-state index in [2.05, 4.69) is 4.98 Å². The number of benzene rings is 2. The predicted molar refractivity (Wildman–Crippen MR) is 113 cm³/mol. The first kappa shape index (κ1) is 21.4. The summed E-state index contributed by atoms with van der Waals surface area (Å²) in [5, 5.41) is 0.275. The van der Waals surface area contributed by atoms with Crippen molar-refractivity contribution in [3.8, 4) is 5.69 Å². The number of piperidine rings is 1. The van der Waals surface area contributed by atoms with Gasteiger partial charge in [-0.25, -0.2) is 4.98 Å². The molecule has 5 nitrogen and oxygen atoms in total. The van der Waals surface area contributed by atoms with Crippen molar-refractivity contribution >= 4 is 28.6 Å². The Morgan fingerprint density at radius 3 is 2.42 bits per heavy atom. The van der Waals surface area contributed by atoms with Crippen molar-refractivity contribution in [2.24, 2.45) is 0 Å². The molecule has 0 bridgehead atoms. The first-order valence-corrected chi connectivity index (χ1v) is 10.9. The van der Waals surface area contributed by atoms with Crippen LogP contribution in [0.2, 0.25) is 0 Å². The highest BCUT2D eigenvalue weighted by atomic mass is 32.2. The van der Waals surface area contributed by atoms with Gasteiger partial charge in [-0.2, -0.15) is 13.2 Å². The van der Waals surface area contributed by atoms with Gasteiger partial charge in [0.1, 0.15) is 0 Å². The van der Waals surface area contributed by atoms with Crippen LogP contribution in [-0.2, 0) is 11.0 Å². The van der Waals surface area contributed by atoms with Gasteiger partial charge >= 0.3 is 6.18 Å². The lowest BCUT2D eigenvalue weighted by molar-refractivity contribution is -0.137. The quantitative estimate of drug-likeness (QED) is 0.436. The molecule has 9 heteroatoms. The third-order valence-electron chi connectivity index (χ3n) is 5.23. The summed E-state index contributed by atoms with van der Waals surface area (Å²) in [7, 11) is 0. The minimum Gasteiger partial charge on any atom is -0.342 e. The molecular weight excluding hydrogens is 427 g/mol. The second-order valence-corrected chi connectivity index (χ2v) is 8.24. The SMILES string of the molecule is O=C(CSc1nc2ccccc2c(=O)n1-c1ccccc1C(F)(F)F)N1CCCCC1. The van der Waals surface area contributed by atoms with Crippen LogP contribution < -0.4 is 5.56 Å². The lowest BCUT2D eigenvalue weighted by atomic mass is 10.1. The molecule has 1 aliphatic heterocycles. The maximum atomic E-state index is 13.7. The van der Waals surface area contributed by atoms with Gasteiger partial charge in [0.05, 0.1) is 27.9 Å². The summed E-state index contributed by atoms with van der Waals surface area (Å²) in [6, 6.07) is 11.4. The Labute approximate surface area is 180 Å². The van der Waals surface area contributed by atoms with E-state index in [0.29, 0.717) is 18.6 Å². The summed E-state index contributed by atoms with van der Waals surface area (Å²) in [5.74, 6) is -0.110. The summed E-state index contributed by atoms with van der Waals surface area (Å²) >= 11 is 0.985. The fraction of sp³-hybridized carbons (Fsp3) is 0.318. The molecule has 0 unspecified atom stereocenters. The number of carbonyl (C=O) groups excluding carboxylic acids is 1. The highest BCUT2D eigenvalue weighted by Gasteiger charge is 2.34. The summed E-state index contributed by atoms with van der Waals surface area (Å²) in [6.45, 7) is 1.35. The van der Waals surface area contributed by atoms with Crippen LogP contribution in [0, 0.1) is 0 Å². The van der Waals surface area contributed by atoms with E-state index in [9.17, 15) is 22.8 Å². The number of amides is 1. The van der Waals surface area contributed by atoms with Crippen molar-refractivity contribution in [2.75, 3.05) is 18.8 Å². The van der Waals surface area contributed by atoms with Crippen LogP contribution in [0.5, 0.6) is 0 Å². The molecule has 31 heavy (non-hydrogen) atoms. The molecular formula is C22H20F3N3O2S. The number of carbonyl (C=O) groups is 1. The van der Waals surface area contributed by atoms with Gasteiger partial charge in [0.25, 0.3) is 5.56 Å². The van der Waals surface area contributed by atoms with Crippen molar-refractivity contribution in [1.29, 1.82) is 0 Å². The molecule has 162 valence electrons. The zero-order valence-electron chi connectivity index (χ0n) is 16.6. The van der Waals surface area contributed by atoms with Crippen LogP contribution in [0.4, 0.5) is 13.2 Å². The molecule has 0 spiro atoms. The van der Waals surface area contributed by atoms with E-state index >= 15 is 0 Å². The predicted octanol–water partition coefficient (Wildman–Crippen LogP) is 4.51. The number of hydrogen-bond donors (Lipinski definition) is 0. The van der Waals surface area contributed by atoms with Gasteiger partial charge in [0.2, 0.25) is 5.91 Å². The monoisotopic (exact) mass is 447 g/mol. The van der Waals surface area contributed by atoms with Gasteiger partial charge in [-0.3, -0.25) is 14.2 Å². The van der Waals surface area contributed by atoms with Crippen molar-refractivity contribution in [2.45, 2.75) is 30.6 Å². The molecule has 0 aliphatic carbocycles. The highest BCUT2D eigenvalue weighted by molar-refractivity contribution is 7.99. The number of likely N-dealkylation sites (tertiary alicyclic amines) is 1. The average molecular weight is 447 g/mol. The molecule has 0 N–H and O–H groups in total. The number of thioether (sulfide) groups is 1. The Bertz CT molecular complexity index is 1170. The third kappa shape index (κ3) is 4.46. The molecule has 1 aromatic heterocycles. The number of hydrogen-bond acceptors (Lipinski definition) is 4. The Morgan fingerprint density at radius 2 is 1.68 bits per heavy atom. The van der Waals surface area contributed by atoms with Crippen LogP contribution >= 0.6 is 11.8 Å². The molecule has 0 saturated carbocycles. The first-order chi connectivity index (χ1) is 14.9. The highest BCUT2D eigenvalue weighted by Crippen LogP contribution is 2.34. The molecule has 1 amide bonds. The average Bonchev–Trinajstić information content (AvgIpc) is 2.77. The van der Waals surface area contributed by atoms with Crippen molar-refractivity contribution in [1.82, 2.24) is 14.5 Å². The van der Waals surface area contributed by atoms with Gasteiger partial charge in [-0.15, -0.1) is 0 Å². The number of para-hydroxylation sites is 2. The molecule has 0 atom stereocenters. The van der Waals surface area contributed by atoms with Gasteiger partial charge < -0.3 is 4.90 Å². The van der Waals surface area contributed by atoms with E-state index in [0.717, 1.165) is 41.7 Å². The summed E-state index contributed by atoms with van der Waals surface area (Å²) in [4.78, 5) is 32.0. The van der Waals surface area contributed by atoms with E-state index in [4.69, 9.17) is 0 Å². The van der Waals surface area contributed by atoms with Crippen LogP contribution in [-0.4, -0.2) is 39.2 Å². The summed E-state index contributed by atoms with van der Waals surface area (Å²) in [5.41, 5.74) is -1.46. The van der Waals surface area contributed by atoms with E-state index in [1.54, 1.807) is 23.1 Å². The van der Waals surface area contributed by atoms with Crippen LogP contribution in [0.3, 0.4) is 0 Å². The second kappa shape index (κ2) is 8.74. The molecule has 2 heterocycles. The first-order valence-electron chi connectivity index (χ1n) is 9.95. The lowest BCUT2D eigenvalue weighted by Gasteiger charge is -2.26. The molecule has 0 radical (unpaired) electrons. The Kier molecular flexibility index (Phi) is 6.04. The van der Waals surface area contributed by atoms with E-state index < -0.39 is 17.3 Å². The Morgan fingerprint density at radius 1 is 1.00 bits per heavy atom. The molecule has 3 aromatic rings. The number of rotatable bonds is 4. The second-order valence-electron chi connectivity index (χ2n) is 7.30. The van der Waals surface area contributed by atoms with Gasteiger partial charge in [0, 0.05) is 13.1 Å². The lowest BCUT2D eigenvalue weighted by Crippen LogP contribution is -2.37. The summed E-state index contributed by atoms with van der Waals surface area (Å²) < 4.78 is 42.0. The minimum absolute atomic E-state index is 0.00103. The number of aromatic nitrogens is 2. The standard InChI is InChI=1S/C22H20F3N3O2S/c23-22(24,25)16-9-3-5-11-18(16)28-20(30)15-8-2-4-10-17(15)26-21(28)31-14-19(29)27-12-6-1-7-13-27/h2-5,8-11H,1,6-7,12-14H2. The third-order valence-corrected chi connectivity index (χ3v) is 6.15. The van der Waals surface area contributed by atoms with Crippen LogP contribution in [0.25, 0.3) is 16.6 Å². The smallest absolute Gasteiger partial charge is 0.342 e. The van der Waals surface area contributed by atoms with Gasteiger partial charge in [-0.05, 0) is 43.5 Å². The van der Waals surface area contributed by atoms with E-state index in [1.807, 2.05) is 0 Å². The molecule has 1 aliphatic rings. The summed E-state index contributed by atoms with van der Waals surface area (Å²) in [6.07, 6.45) is -1.69. The topological polar surface area (TPSA) is 55.2 Å². The maximum absolute atomic E-state index is 13.7. The number of alkyl halides is 3. The fourth-order valence-corrected chi connectivity index (χ4v) is 4.60. The number of nitrogens with zero attached hydrogens (tertiary/aromatic N) is 3. The largest absolute Gasteiger partial charge is 0.418 e. The maximum Gasteiger partial charge on any atom is 0.418 e. The molecule has 4 rings (SSSR count). The molecule has 1 saturated heterocycles. The Balaban J connectivity index is 1.80. The number of halogens is 3. The van der Waals surface area contributed by atoms with Gasteiger partial charge in [0.15, 0.2) is 5.16 Å². The zero-order chi connectivity index (χ0) is 22.0. The normalized spacial score (nSPS) is 14.7. The Hall–Kier alpha value is -2.81. The van der Waals surface area contributed by atoms with E-state index in [-0.39, 0.29) is 27.9 Å². The zero-order valence-corrected chi connectivity index (χ0v) is 17.4. The van der Waals surface area contributed by atoms with Crippen LogP contribution in [0.1, 0.15) is 24.8 Å². The minimum atomic E-state index is -4.65. The molecule has 1 fully saturated rings.